The monoisotopic (exact) mass is 275 g/mol. The van der Waals surface area contributed by atoms with Crippen LogP contribution >= 0.6 is 0 Å². The molecule has 18 heavy (non-hydrogen) atoms. The molecule has 0 fully saturated rings. The number of hydrogen-bond acceptors (Lipinski definition) is 4. The Balaban J connectivity index is 2.79. The van der Waals surface area contributed by atoms with Gasteiger partial charge in [0.05, 0.1) is 4.90 Å². The summed E-state index contributed by atoms with van der Waals surface area (Å²) in [6.07, 6.45) is 0.0664. The maximum atomic E-state index is 12.7. The van der Waals surface area contributed by atoms with Gasteiger partial charge < -0.3 is 10.9 Å². The first-order valence-corrected chi connectivity index (χ1v) is 6.58. The van der Waals surface area contributed by atoms with E-state index in [0.29, 0.717) is 0 Å². The van der Waals surface area contributed by atoms with Crippen molar-refractivity contribution >= 4 is 15.9 Å². The fraction of sp³-hybridized carbons (Fsp3) is 0.300. The van der Waals surface area contributed by atoms with Gasteiger partial charge in [-0.05, 0) is 31.2 Å². The topological polar surface area (TPSA) is 105 Å². The van der Waals surface area contributed by atoms with Crippen LogP contribution in [0, 0.1) is 5.82 Å². The fourth-order valence-corrected chi connectivity index (χ4v) is 2.59. The Labute approximate surface area is 104 Å². The van der Waals surface area contributed by atoms with Crippen LogP contribution in [0.15, 0.2) is 34.3 Å². The first-order chi connectivity index (χ1) is 8.35. The van der Waals surface area contributed by atoms with Crippen LogP contribution in [-0.2, 0) is 10.0 Å². The fourth-order valence-electron chi connectivity index (χ4n) is 1.34. The predicted molar refractivity (Wildman–Crippen MR) is 64.2 cm³/mol. The average Bonchev–Trinajstić information content (AvgIpc) is 2.28. The zero-order valence-corrected chi connectivity index (χ0v) is 10.5. The Morgan fingerprint density at radius 1 is 1.50 bits per heavy atom. The Hall–Kier alpha value is -1.67. The minimum atomic E-state index is -3.74. The van der Waals surface area contributed by atoms with Crippen molar-refractivity contribution in [3.63, 3.8) is 0 Å². The molecule has 4 N–H and O–H groups in total. The van der Waals surface area contributed by atoms with Crippen molar-refractivity contribution in [2.75, 3.05) is 0 Å². The van der Waals surface area contributed by atoms with E-state index < -0.39 is 21.9 Å². The number of benzene rings is 1. The molecular weight excluding hydrogens is 261 g/mol. The highest BCUT2D eigenvalue weighted by Gasteiger charge is 2.18. The molecule has 0 radical (unpaired) electrons. The summed E-state index contributed by atoms with van der Waals surface area (Å²) in [5.41, 5.74) is 5.27. The van der Waals surface area contributed by atoms with Crippen molar-refractivity contribution in [1.82, 2.24) is 4.72 Å². The number of rotatable bonds is 5. The van der Waals surface area contributed by atoms with Gasteiger partial charge in [-0.25, -0.2) is 17.5 Å². The van der Waals surface area contributed by atoms with E-state index in [-0.39, 0.29) is 17.2 Å². The second-order valence-electron chi connectivity index (χ2n) is 3.77. The van der Waals surface area contributed by atoms with E-state index in [1.54, 1.807) is 6.92 Å². The van der Waals surface area contributed by atoms with Crippen LogP contribution in [0.4, 0.5) is 4.39 Å². The first-order valence-electron chi connectivity index (χ1n) is 5.09. The maximum absolute atomic E-state index is 12.7. The molecule has 0 aliphatic heterocycles. The summed E-state index contributed by atoms with van der Waals surface area (Å²) in [5.74, 6) is -0.594. The molecule has 1 aromatic rings. The van der Waals surface area contributed by atoms with Gasteiger partial charge in [0.2, 0.25) is 10.0 Å². The van der Waals surface area contributed by atoms with Gasteiger partial charge >= 0.3 is 0 Å². The molecule has 1 aromatic carbocycles. The van der Waals surface area contributed by atoms with E-state index in [9.17, 15) is 12.8 Å². The third-order valence-electron chi connectivity index (χ3n) is 2.12. The van der Waals surface area contributed by atoms with E-state index in [2.05, 4.69) is 9.88 Å². The van der Waals surface area contributed by atoms with Gasteiger partial charge in [0, 0.05) is 12.5 Å². The molecule has 1 unspecified atom stereocenters. The number of nitrogens with zero attached hydrogens (tertiary/aromatic N) is 1. The van der Waals surface area contributed by atoms with Crippen molar-refractivity contribution in [2.24, 2.45) is 10.9 Å². The molecule has 0 aliphatic carbocycles. The Kier molecular flexibility index (Phi) is 4.62. The van der Waals surface area contributed by atoms with E-state index in [0.717, 1.165) is 24.3 Å². The molecule has 1 rings (SSSR count). The van der Waals surface area contributed by atoms with Crippen molar-refractivity contribution in [3.05, 3.63) is 30.1 Å². The third kappa shape index (κ3) is 3.97. The van der Waals surface area contributed by atoms with E-state index >= 15 is 0 Å². The Morgan fingerprint density at radius 3 is 2.56 bits per heavy atom. The number of oxime groups is 1. The van der Waals surface area contributed by atoms with E-state index in [1.165, 1.54) is 0 Å². The second kappa shape index (κ2) is 5.78. The Morgan fingerprint density at radius 2 is 2.06 bits per heavy atom. The predicted octanol–water partition coefficient (Wildman–Crippen LogP) is 0.629. The molecule has 8 heteroatoms. The molecule has 6 nitrogen and oxygen atoms in total. The van der Waals surface area contributed by atoms with Crippen LogP contribution < -0.4 is 10.5 Å². The molecule has 0 spiro atoms. The van der Waals surface area contributed by atoms with Crippen LogP contribution in [0.5, 0.6) is 0 Å². The minimum Gasteiger partial charge on any atom is -0.409 e. The molecule has 1 atom stereocenters. The third-order valence-corrected chi connectivity index (χ3v) is 3.73. The molecule has 0 saturated carbocycles. The molecule has 0 aromatic heterocycles. The lowest BCUT2D eigenvalue weighted by molar-refractivity contribution is 0.316. The number of hydrogen-bond donors (Lipinski definition) is 3. The minimum absolute atomic E-state index is 0.0461. The lowest BCUT2D eigenvalue weighted by atomic mass is 10.2. The summed E-state index contributed by atoms with van der Waals surface area (Å²) in [4.78, 5) is -0.0461. The zero-order valence-electron chi connectivity index (χ0n) is 9.67. The molecule has 0 bridgehead atoms. The molecule has 0 heterocycles. The van der Waals surface area contributed by atoms with E-state index in [1.807, 2.05) is 0 Å². The number of nitrogens with one attached hydrogen (secondary N) is 1. The lowest BCUT2D eigenvalue weighted by Crippen LogP contribution is -2.35. The quantitative estimate of drug-likeness (QED) is 0.317. The van der Waals surface area contributed by atoms with Crippen molar-refractivity contribution < 1.29 is 18.0 Å². The Bertz CT molecular complexity index is 528. The van der Waals surface area contributed by atoms with Gasteiger partial charge in [0.1, 0.15) is 11.7 Å². The normalized spacial score (nSPS) is 14.4. The summed E-state index contributed by atoms with van der Waals surface area (Å²) in [5, 5.41) is 11.1. The van der Waals surface area contributed by atoms with Crippen LogP contribution in [-0.4, -0.2) is 25.5 Å². The zero-order chi connectivity index (χ0) is 13.8. The van der Waals surface area contributed by atoms with E-state index in [4.69, 9.17) is 10.9 Å². The van der Waals surface area contributed by atoms with Gasteiger partial charge in [-0.3, -0.25) is 0 Å². The standard InChI is InChI=1S/C10H14FN3O3S/c1-7(6-10(12)13-15)14-18(16,17)9-4-2-8(11)3-5-9/h2-5,7,14-15H,6H2,1H3,(H2,12,13). The number of nitrogens with two attached hydrogens (primary N) is 1. The highest BCUT2D eigenvalue weighted by atomic mass is 32.2. The highest BCUT2D eigenvalue weighted by molar-refractivity contribution is 7.89. The smallest absolute Gasteiger partial charge is 0.240 e. The van der Waals surface area contributed by atoms with Crippen LogP contribution in [0.25, 0.3) is 0 Å². The molecule has 0 amide bonds. The summed E-state index contributed by atoms with van der Waals surface area (Å²) < 4.78 is 38.7. The average molecular weight is 275 g/mol. The SMILES string of the molecule is CC(CC(N)=NO)NS(=O)(=O)c1ccc(F)cc1. The lowest BCUT2D eigenvalue weighted by Gasteiger charge is -2.13. The van der Waals surface area contributed by atoms with Gasteiger partial charge in [-0.1, -0.05) is 5.16 Å². The summed E-state index contributed by atoms with van der Waals surface area (Å²) in [7, 11) is -3.74. The maximum Gasteiger partial charge on any atom is 0.240 e. The summed E-state index contributed by atoms with van der Waals surface area (Å²) >= 11 is 0. The summed E-state index contributed by atoms with van der Waals surface area (Å²) in [6.45, 7) is 1.57. The highest BCUT2D eigenvalue weighted by Crippen LogP contribution is 2.10. The van der Waals surface area contributed by atoms with Gasteiger partial charge in [0.15, 0.2) is 0 Å². The second-order valence-corrected chi connectivity index (χ2v) is 5.49. The van der Waals surface area contributed by atoms with Crippen LogP contribution in [0.1, 0.15) is 13.3 Å². The van der Waals surface area contributed by atoms with Gasteiger partial charge in [-0.15, -0.1) is 0 Å². The van der Waals surface area contributed by atoms with Crippen molar-refractivity contribution in [3.8, 4) is 0 Å². The molecule has 100 valence electrons. The number of amidine groups is 1. The van der Waals surface area contributed by atoms with Gasteiger partial charge in [-0.2, -0.15) is 0 Å². The van der Waals surface area contributed by atoms with Gasteiger partial charge in [0.25, 0.3) is 0 Å². The largest absolute Gasteiger partial charge is 0.409 e. The number of halogens is 1. The van der Waals surface area contributed by atoms with Crippen molar-refractivity contribution in [1.29, 1.82) is 0 Å². The molecule has 0 saturated heterocycles. The molecular formula is C10H14FN3O3S. The van der Waals surface area contributed by atoms with Crippen LogP contribution in [0.3, 0.4) is 0 Å². The number of sulfonamides is 1. The molecule has 0 aliphatic rings. The first kappa shape index (κ1) is 14.4. The van der Waals surface area contributed by atoms with Crippen LogP contribution in [0.2, 0.25) is 0 Å². The van der Waals surface area contributed by atoms with Crippen molar-refractivity contribution in [2.45, 2.75) is 24.3 Å². The summed E-state index contributed by atoms with van der Waals surface area (Å²) in [6, 6.07) is 3.89.